The SMILES string of the molecule is O=C1NCCc2c(NCCCN3CCCC3=O)nc(-c3cccnc3)nc21. The summed E-state index contributed by atoms with van der Waals surface area (Å²) in [6.07, 6.45) is 6.52. The molecule has 2 N–H and O–H groups in total. The summed E-state index contributed by atoms with van der Waals surface area (Å²) in [5.74, 6) is 1.25. The minimum absolute atomic E-state index is 0.172. The molecule has 0 aromatic carbocycles. The number of amides is 2. The van der Waals surface area contributed by atoms with Crippen molar-refractivity contribution in [2.24, 2.45) is 0 Å². The Morgan fingerprint density at radius 2 is 2.15 bits per heavy atom. The number of hydrogen-bond acceptors (Lipinski definition) is 6. The minimum Gasteiger partial charge on any atom is -0.370 e. The molecular formula is C19H22N6O2. The molecule has 4 rings (SSSR count). The van der Waals surface area contributed by atoms with Crippen molar-refractivity contribution in [2.45, 2.75) is 25.7 Å². The smallest absolute Gasteiger partial charge is 0.270 e. The second-order valence-corrected chi connectivity index (χ2v) is 6.74. The van der Waals surface area contributed by atoms with Gasteiger partial charge in [-0.25, -0.2) is 9.97 Å². The lowest BCUT2D eigenvalue weighted by Gasteiger charge is -2.20. The van der Waals surface area contributed by atoms with Gasteiger partial charge in [0.1, 0.15) is 11.5 Å². The molecule has 1 fully saturated rings. The molecule has 1 saturated heterocycles. The number of anilines is 1. The molecular weight excluding hydrogens is 344 g/mol. The standard InChI is InChI=1S/C19H22N6O2/c26-15-5-2-10-25(15)11-3-8-21-18-14-6-9-22-19(27)16(14)23-17(24-18)13-4-1-7-20-12-13/h1,4,7,12H,2-3,5-6,8-11H2,(H,22,27)(H,21,23,24). The van der Waals surface area contributed by atoms with Crippen LogP contribution in [0.2, 0.25) is 0 Å². The van der Waals surface area contributed by atoms with E-state index in [0.717, 1.165) is 37.1 Å². The zero-order chi connectivity index (χ0) is 18.6. The maximum atomic E-state index is 12.3. The van der Waals surface area contributed by atoms with Gasteiger partial charge in [-0.05, 0) is 31.4 Å². The van der Waals surface area contributed by atoms with E-state index in [-0.39, 0.29) is 11.8 Å². The van der Waals surface area contributed by atoms with E-state index in [1.165, 1.54) is 0 Å². The fourth-order valence-electron chi connectivity index (χ4n) is 3.48. The van der Waals surface area contributed by atoms with Crippen LogP contribution in [-0.4, -0.2) is 57.8 Å². The van der Waals surface area contributed by atoms with Crippen LogP contribution in [-0.2, 0) is 11.2 Å². The Balaban J connectivity index is 1.52. The van der Waals surface area contributed by atoms with Gasteiger partial charge in [0.15, 0.2) is 5.82 Å². The maximum Gasteiger partial charge on any atom is 0.270 e. The number of nitrogens with one attached hydrogen (secondary N) is 2. The Labute approximate surface area is 157 Å². The van der Waals surface area contributed by atoms with E-state index >= 15 is 0 Å². The zero-order valence-corrected chi connectivity index (χ0v) is 15.1. The van der Waals surface area contributed by atoms with Crippen LogP contribution in [0.25, 0.3) is 11.4 Å². The van der Waals surface area contributed by atoms with Gasteiger partial charge in [0.25, 0.3) is 5.91 Å². The van der Waals surface area contributed by atoms with Crippen molar-refractivity contribution in [3.05, 3.63) is 35.8 Å². The van der Waals surface area contributed by atoms with Crippen LogP contribution in [0.3, 0.4) is 0 Å². The number of aromatic nitrogens is 3. The summed E-state index contributed by atoms with van der Waals surface area (Å²) in [6.45, 7) is 2.86. The summed E-state index contributed by atoms with van der Waals surface area (Å²) < 4.78 is 0. The third kappa shape index (κ3) is 3.74. The van der Waals surface area contributed by atoms with Crippen molar-refractivity contribution in [2.75, 3.05) is 31.5 Å². The van der Waals surface area contributed by atoms with Crippen molar-refractivity contribution < 1.29 is 9.59 Å². The quantitative estimate of drug-likeness (QED) is 0.747. The first-order valence-corrected chi connectivity index (χ1v) is 9.33. The van der Waals surface area contributed by atoms with E-state index in [0.29, 0.717) is 43.3 Å². The Bertz CT molecular complexity index is 855. The first-order valence-electron chi connectivity index (χ1n) is 9.33. The average Bonchev–Trinajstić information content (AvgIpc) is 3.11. The molecule has 2 aromatic heterocycles. The predicted octanol–water partition coefficient (Wildman–Crippen LogP) is 1.25. The lowest BCUT2D eigenvalue weighted by Crippen LogP contribution is -2.34. The van der Waals surface area contributed by atoms with Crippen molar-refractivity contribution in [1.29, 1.82) is 0 Å². The maximum absolute atomic E-state index is 12.3. The highest BCUT2D eigenvalue weighted by atomic mass is 16.2. The highest BCUT2D eigenvalue weighted by Crippen LogP contribution is 2.24. The fourth-order valence-corrected chi connectivity index (χ4v) is 3.48. The molecule has 0 bridgehead atoms. The summed E-state index contributed by atoms with van der Waals surface area (Å²) in [7, 11) is 0. The van der Waals surface area contributed by atoms with E-state index in [4.69, 9.17) is 0 Å². The van der Waals surface area contributed by atoms with E-state index in [1.54, 1.807) is 12.4 Å². The molecule has 0 unspecified atom stereocenters. The summed E-state index contributed by atoms with van der Waals surface area (Å²) in [6, 6.07) is 3.69. The van der Waals surface area contributed by atoms with Crippen LogP contribution in [0.1, 0.15) is 35.3 Å². The van der Waals surface area contributed by atoms with Crippen LogP contribution in [0.5, 0.6) is 0 Å². The molecule has 27 heavy (non-hydrogen) atoms. The van der Waals surface area contributed by atoms with Gasteiger partial charge in [-0.15, -0.1) is 0 Å². The monoisotopic (exact) mass is 366 g/mol. The second-order valence-electron chi connectivity index (χ2n) is 6.74. The lowest BCUT2D eigenvalue weighted by atomic mass is 10.1. The molecule has 2 aliphatic heterocycles. The Morgan fingerprint density at radius 3 is 2.93 bits per heavy atom. The lowest BCUT2D eigenvalue weighted by molar-refractivity contribution is -0.127. The number of fused-ring (bicyclic) bond motifs is 1. The number of hydrogen-bond donors (Lipinski definition) is 2. The van der Waals surface area contributed by atoms with Gasteiger partial charge in [-0.1, -0.05) is 0 Å². The van der Waals surface area contributed by atoms with Gasteiger partial charge >= 0.3 is 0 Å². The molecule has 140 valence electrons. The topological polar surface area (TPSA) is 100 Å². The molecule has 2 amide bonds. The van der Waals surface area contributed by atoms with E-state index < -0.39 is 0 Å². The van der Waals surface area contributed by atoms with Gasteiger partial charge in [0.2, 0.25) is 5.91 Å². The molecule has 0 aliphatic carbocycles. The van der Waals surface area contributed by atoms with Crippen molar-refractivity contribution >= 4 is 17.6 Å². The largest absolute Gasteiger partial charge is 0.370 e. The molecule has 8 heteroatoms. The zero-order valence-electron chi connectivity index (χ0n) is 15.1. The van der Waals surface area contributed by atoms with E-state index in [2.05, 4.69) is 25.6 Å². The molecule has 0 radical (unpaired) electrons. The van der Waals surface area contributed by atoms with Crippen LogP contribution in [0.15, 0.2) is 24.5 Å². The van der Waals surface area contributed by atoms with Gasteiger partial charge in [-0.3, -0.25) is 14.6 Å². The van der Waals surface area contributed by atoms with Gasteiger partial charge < -0.3 is 15.5 Å². The van der Waals surface area contributed by atoms with Crippen LogP contribution < -0.4 is 10.6 Å². The van der Waals surface area contributed by atoms with Gasteiger partial charge in [0.05, 0.1) is 0 Å². The normalized spacial score (nSPS) is 16.2. The molecule has 0 atom stereocenters. The van der Waals surface area contributed by atoms with Crippen LogP contribution in [0.4, 0.5) is 5.82 Å². The van der Waals surface area contributed by atoms with Crippen molar-refractivity contribution in [3.63, 3.8) is 0 Å². The fraction of sp³-hybridized carbons (Fsp3) is 0.421. The number of rotatable bonds is 6. The van der Waals surface area contributed by atoms with Crippen molar-refractivity contribution in [3.8, 4) is 11.4 Å². The Morgan fingerprint density at radius 1 is 1.22 bits per heavy atom. The number of likely N-dealkylation sites (tertiary alicyclic amines) is 1. The summed E-state index contributed by atoms with van der Waals surface area (Å²) in [5.41, 5.74) is 2.04. The third-order valence-electron chi connectivity index (χ3n) is 4.87. The number of nitrogens with zero attached hydrogens (tertiary/aromatic N) is 4. The molecule has 0 saturated carbocycles. The van der Waals surface area contributed by atoms with Gasteiger partial charge in [0, 0.05) is 56.1 Å². The molecule has 2 aliphatic rings. The summed E-state index contributed by atoms with van der Waals surface area (Å²) in [4.78, 5) is 39.1. The Kier molecular flexibility index (Phi) is 4.95. The molecule has 8 nitrogen and oxygen atoms in total. The van der Waals surface area contributed by atoms with E-state index in [9.17, 15) is 9.59 Å². The van der Waals surface area contributed by atoms with Crippen LogP contribution in [0, 0.1) is 0 Å². The number of carbonyl (C=O) groups is 2. The van der Waals surface area contributed by atoms with E-state index in [1.807, 2.05) is 17.0 Å². The average molecular weight is 366 g/mol. The third-order valence-corrected chi connectivity index (χ3v) is 4.87. The number of carbonyl (C=O) groups excluding carboxylic acids is 2. The van der Waals surface area contributed by atoms with Gasteiger partial charge in [-0.2, -0.15) is 0 Å². The second kappa shape index (κ2) is 7.69. The first kappa shape index (κ1) is 17.4. The molecule has 0 spiro atoms. The number of pyridine rings is 1. The Hall–Kier alpha value is -3.03. The molecule has 4 heterocycles. The minimum atomic E-state index is -0.172. The highest BCUT2D eigenvalue weighted by Gasteiger charge is 2.24. The molecule has 2 aromatic rings. The van der Waals surface area contributed by atoms with Crippen molar-refractivity contribution in [1.82, 2.24) is 25.2 Å². The summed E-state index contributed by atoms with van der Waals surface area (Å²) in [5, 5.41) is 6.19. The highest BCUT2D eigenvalue weighted by molar-refractivity contribution is 5.96. The first-order chi connectivity index (χ1) is 13.2. The summed E-state index contributed by atoms with van der Waals surface area (Å²) >= 11 is 0. The predicted molar refractivity (Wildman–Crippen MR) is 100 cm³/mol. The van der Waals surface area contributed by atoms with Crippen LogP contribution >= 0.6 is 0 Å².